The summed E-state index contributed by atoms with van der Waals surface area (Å²) >= 11 is 0. The zero-order valence-electron chi connectivity index (χ0n) is 21.5. The summed E-state index contributed by atoms with van der Waals surface area (Å²) in [5.41, 5.74) is 0. The molecule has 2 N–H and O–H groups in total. The van der Waals surface area contributed by atoms with Crippen LogP contribution in [0.3, 0.4) is 0 Å². The summed E-state index contributed by atoms with van der Waals surface area (Å²) in [5.74, 6) is 5.59. The zero-order chi connectivity index (χ0) is 24.4. The molecule has 0 aliphatic rings. The van der Waals surface area contributed by atoms with E-state index in [-0.39, 0.29) is 6.10 Å². The summed E-state index contributed by atoms with van der Waals surface area (Å²) in [4.78, 5) is 0. The van der Waals surface area contributed by atoms with E-state index in [4.69, 9.17) is 12.8 Å². The minimum atomic E-state index is -0.720. The second-order valence-electron chi connectivity index (χ2n) is 9.70. The molecular formula is C31H52O2. The van der Waals surface area contributed by atoms with Crippen molar-refractivity contribution in [3.05, 3.63) is 24.3 Å². The van der Waals surface area contributed by atoms with E-state index in [1.54, 1.807) is 18.2 Å². The van der Waals surface area contributed by atoms with Gasteiger partial charge in [0.05, 0.1) is 6.10 Å². The summed E-state index contributed by atoms with van der Waals surface area (Å²) in [6, 6.07) is 0. The minimum absolute atomic E-state index is 0.372. The molecule has 0 saturated carbocycles. The lowest BCUT2D eigenvalue weighted by Gasteiger charge is -2.11. The summed E-state index contributed by atoms with van der Waals surface area (Å²) in [6.07, 6.45) is 40.6. The molecule has 0 aromatic rings. The van der Waals surface area contributed by atoms with Crippen molar-refractivity contribution in [2.24, 2.45) is 5.92 Å². The molecular weight excluding hydrogens is 404 g/mol. The number of hydrogen-bond donors (Lipinski definition) is 2. The topological polar surface area (TPSA) is 40.5 Å². The van der Waals surface area contributed by atoms with Crippen molar-refractivity contribution in [2.75, 3.05) is 0 Å². The number of allylic oxidation sites excluding steroid dienone is 2. The fourth-order valence-electron chi connectivity index (χ4n) is 4.23. The summed E-state index contributed by atoms with van der Waals surface area (Å²) < 4.78 is 0. The molecule has 0 amide bonds. The van der Waals surface area contributed by atoms with E-state index in [9.17, 15) is 10.2 Å². The van der Waals surface area contributed by atoms with Crippen molar-refractivity contribution in [2.45, 2.75) is 141 Å². The smallest absolute Gasteiger partial charge is 0.133 e. The maximum Gasteiger partial charge on any atom is 0.133 e. The Balaban J connectivity index is 3.29. The van der Waals surface area contributed by atoms with Crippen LogP contribution in [0.2, 0.25) is 0 Å². The van der Waals surface area contributed by atoms with Gasteiger partial charge in [-0.2, -0.15) is 0 Å². The third-order valence-corrected chi connectivity index (χ3v) is 6.42. The van der Waals surface area contributed by atoms with E-state index in [2.05, 4.69) is 18.8 Å². The summed E-state index contributed by atoms with van der Waals surface area (Å²) in [7, 11) is 0. The van der Waals surface area contributed by atoms with Gasteiger partial charge in [0.25, 0.3) is 0 Å². The van der Waals surface area contributed by atoms with Crippen LogP contribution in [0.25, 0.3) is 0 Å². The molecule has 0 saturated heterocycles. The molecule has 0 heterocycles. The predicted molar refractivity (Wildman–Crippen MR) is 145 cm³/mol. The second kappa shape index (κ2) is 25.1. The molecule has 0 aliphatic carbocycles. The lowest BCUT2D eigenvalue weighted by molar-refractivity contribution is 0.208. The Bertz CT molecular complexity index is 548. The van der Waals surface area contributed by atoms with E-state index in [0.29, 0.717) is 0 Å². The van der Waals surface area contributed by atoms with Crippen molar-refractivity contribution < 1.29 is 10.2 Å². The van der Waals surface area contributed by atoms with Crippen molar-refractivity contribution >= 4 is 0 Å². The lowest BCUT2D eigenvalue weighted by atomic mass is 9.95. The Morgan fingerprint density at radius 2 is 1.09 bits per heavy atom. The quantitative estimate of drug-likeness (QED) is 0.0925. The van der Waals surface area contributed by atoms with Crippen LogP contribution in [0.1, 0.15) is 129 Å². The van der Waals surface area contributed by atoms with Crippen LogP contribution < -0.4 is 0 Å². The van der Waals surface area contributed by atoms with Gasteiger partial charge in [0, 0.05) is 0 Å². The number of aliphatic hydroxyl groups is 2. The third kappa shape index (κ3) is 25.0. The molecule has 0 rings (SSSR count). The van der Waals surface area contributed by atoms with E-state index in [0.717, 1.165) is 25.2 Å². The predicted octanol–water partition coefficient (Wildman–Crippen LogP) is 8.14. The SMILES string of the molecule is C#CC=CC(O)CCCCCCCCCCCC(C)CCCCCCCCC=CC(O)C#C. The lowest BCUT2D eigenvalue weighted by Crippen LogP contribution is -2.01. The van der Waals surface area contributed by atoms with Gasteiger partial charge in [-0.05, 0) is 43.4 Å². The van der Waals surface area contributed by atoms with Gasteiger partial charge in [-0.25, -0.2) is 0 Å². The molecule has 0 aromatic heterocycles. The Hall–Kier alpha value is -1.48. The van der Waals surface area contributed by atoms with Gasteiger partial charge in [-0.15, -0.1) is 12.8 Å². The minimum Gasteiger partial charge on any atom is -0.389 e. The van der Waals surface area contributed by atoms with Crippen molar-refractivity contribution in [3.8, 4) is 24.7 Å². The van der Waals surface area contributed by atoms with Crippen LogP contribution in [0.15, 0.2) is 24.3 Å². The van der Waals surface area contributed by atoms with E-state index in [1.165, 1.54) is 103 Å². The number of aliphatic hydroxyl groups excluding tert-OH is 2. The maximum absolute atomic E-state index is 9.68. The third-order valence-electron chi connectivity index (χ3n) is 6.42. The van der Waals surface area contributed by atoms with Crippen LogP contribution in [-0.2, 0) is 0 Å². The molecule has 0 radical (unpaired) electrons. The van der Waals surface area contributed by atoms with Crippen molar-refractivity contribution in [3.63, 3.8) is 0 Å². The summed E-state index contributed by atoms with van der Waals surface area (Å²) in [5, 5.41) is 18.9. The standard InChI is InChI=1S/C31H52O2/c1-4-6-26-31(33)28-23-19-15-9-7-8-12-16-20-24-29(3)25-21-17-13-10-11-14-18-22-27-30(32)5-2/h1-2,6,22,26-27,29-33H,7-21,23-25,28H2,3H3. The number of unbranched alkanes of at least 4 members (excludes halogenated alkanes) is 14. The van der Waals surface area contributed by atoms with Crippen LogP contribution in [0, 0.1) is 30.6 Å². The fraction of sp³-hybridized carbons (Fsp3) is 0.742. The van der Waals surface area contributed by atoms with Gasteiger partial charge in [0.1, 0.15) is 6.10 Å². The van der Waals surface area contributed by atoms with Gasteiger partial charge in [-0.3, -0.25) is 0 Å². The monoisotopic (exact) mass is 456 g/mol. The molecule has 0 fully saturated rings. The highest BCUT2D eigenvalue weighted by molar-refractivity contribution is 5.10. The number of rotatable bonds is 23. The van der Waals surface area contributed by atoms with Crippen LogP contribution in [0.5, 0.6) is 0 Å². The van der Waals surface area contributed by atoms with Gasteiger partial charge in [0.15, 0.2) is 0 Å². The van der Waals surface area contributed by atoms with E-state index < -0.39 is 6.10 Å². The molecule has 0 spiro atoms. The highest BCUT2D eigenvalue weighted by Gasteiger charge is 2.02. The highest BCUT2D eigenvalue weighted by Crippen LogP contribution is 2.19. The molecule has 33 heavy (non-hydrogen) atoms. The average molecular weight is 457 g/mol. The largest absolute Gasteiger partial charge is 0.389 e. The fourth-order valence-corrected chi connectivity index (χ4v) is 4.23. The summed E-state index contributed by atoms with van der Waals surface area (Å²) in [6.45, 7) is 2.43. The molecule has 2 nitrogen and oxygen atoms in total. The molecule has 0 aromatic carbocycles. The van der Waals surface area contributed by atoms with Crippen LogP contribution in [-0.4, -0.2) is 22.4 Å². The van der Waals surface area contributed by atoms with Crippen molar-refractivity contribution in [1.82, 2.24) is 0 Å². The second-order valence-corrected chi connectivity index (χ2v) is 9.70. The first-order valence-corrected chi connectivity index (χ1v) is 13.7. The average Bonchev–Trinajstić information content (AvgIpc) is 2.81. The first-order valence-electron chi connectivity index (χ1n) is 13.7. The maximum atomic E-state index is 9.68. The number of hydrogen-bond acceptors (Lipinski definition) is 2. The first kappa shape index (κ1) is 31.5. The van der Waals surface area contributed by atoms with Crippen LogP contribution >= 0.6 is 0 Å². The zero-order valence-corrected chi connectivity index (χ0v) is 21.5. The van der Waals surface area contributed by atoms with Gasteiger partial charge in [0.2, 0.25) is 0 Å². The Kier molecular flexibility index (Phi) is 24.0. The van der Waals surface area contributed by atoms with Gasteiger partial charge in [-0.1, -0.05) is 128 Å². The van der Waals surface area contributed by atoms with Crippen LogP contribution in [0.4, 0.5) is 0 Å². The van der Waals surface area contributed by atoms with Crippen molar-refractivity contribution in [1.29, 1.82) is 0 Å². The first-order chi connectivity index (χ1) is 16.1. The normalized spacial score (nSPS) is 14.3. The molecule has 3 unspecified atom stereocenters. The Morgan fingerprint density at radius 3 is 1.58 bits per heavy atom. The number of terminal acetylenes is 2. The molecule has 3 atom stereocenters. The Labute approximate surface area is 206 Å². The molecule has 0 aliphatic heterocycles. The van der Waals surface area contributed by atoms with Gasteiger partial charge < -0.3 is 10.2 Å². The van der Waals surface area contributed by atoms with Gasteiger partial charge >= 0.3 is 0 Å². The molecule has 0 bridgehead atoms. The Morgan fingerprint density at radius 1 is 0.636 bits per heavy atom. The van der Waals surface area contributed by atoms with E-state index >= 15 is 0 Å². The molecule has 188 valence electrons. The highest BCUT2D eigenvalue weighted by atomic mass is 16.3. The van der Waals surface area contributed by atoms with E-state index in [1.807, 2.05) is 6.08 Å². The molecule has 2 heteroatoms.